The summed E-state index contributed by atoms with van der Waals surface area (Å²) in [6.07, 6.45) is 3.19. The molecule has 0 spiro atoms. The van der Waals surface area contributed by atoms with Crippen LogP contribution in [0.25, 0.3) is 28.1 Å². The van der Waals surface area contributed by atoms with Gasteiger partial charge in [-0.15, -0.1) is 0 Å². The van der Waals surface area contributed by atoms with Crippen molar-refractivity contribution in [3.63, 3.8) is 0 Å². The molecule has 30 heavy (non-hydrogen) atoms. The van der Waals surface area contributed by atoms with Crippen molar-refractivity contribution in [2.75, 3.05) is 0 Å². The average Bonchev–Trinajstić information content (AvgIpc) is 2.73. The summed E-state index contributed by atoms with van der Waals surface area (Å²) in [5.74, 6) is -0.160. The standard InChI is InChI=1S/C25H16Cl3NO/c1-15-24(23(30)12-7-17-13-18(26)9-11-21(17)28)25(16-5-3-2-4-6-16)20-10-8-19(27)14-22(20)29-15/h2-14H,1H3/b12-7+. The molecule has 0 N–H and O–H groups in total. The number of halogens is 3. The summed E-state index contributed by atoms with van der Waals surface area (Å²) in [4.78, 5) is 18.0. The van der Waals surface area contributed by atoms with Gasteiger partial charge in [-0.1, -0.05) is 71.2 Å². The van der Waals surface area contributed by atoms with Crippen LogP contribution in [0.4, 0.5) is 0 Å². The fourth-order valence-corrected chi connectivity index (χ4v) is 3.99. The summed E-state index contributed by atoms with van der Waals surface area (Å²) in [6.45, 7) is 1.83. The average molecular weight is 453 g/mol. The van der Waals surface area contributed by atoms with E-state index in [1.807, 2.05) is 55.5 Å². The van der Waals surface area contributed by atoms with Crippen molar-refractivity contribution in [3.05, 3.63) is 105 Å². The smallest absolute Gasteiger partial charge is 0.188 e. The molecule has 4 rings (SSSR count). The zero-order valence-corrected chi connectivity index (χ0v) is 18.3. The van der Waals surface area contributed by atoms with E-state index < -0.39 is 0 Å². The zero-order valence-electron chi connectivity index (χ0n) is 16.0. The number of rotatable bonds is 4. The third-order valence-electron chi connectivity index (χ3n) is 4.81. The number of carbonyl (C=O) groups is 1. The van der Waals surface area contributed by atoms with Gasteiger partial charge < -0.3 is 0 Å². The number of aromatic nitrogens is 1. The van der Waals surface area contributed by atoms with Gasteiger partial charge in [0.1, 0.15) is 0 Å². The molecule has 0 fully saturated rings. The van der Waals surface area contributed by atoms with E-state index in [1.165, 1.54) is 6.08 Å². The maximum Gasteiger partial charge on any atom is 0.188 e. The number of carbonyl (C=O) groups excluding carboxylic acids is 1. The van der Waals surface area contributed by atoms with E-state index in [4.69, 9.17) is 34.8 Å². The molecule has 0 amide bonds. The second kappa shape index (κ2) is 8.61. The van der Waals surface area contributed by atoms with Crippen molar-refractivity contribution < 1.29 is 4.79 Å². The Morgan fingerprint density at radius 2 is 1.60 bits per heavy atom. The van der Waals surface area contributed by atoms with Crippen molar-refractivity contribution in [2.45, 2.75) is 6.92 Å². The molecule has 0 saturated heterocycles. The minimum atomic E-state index is -0.160. The molecule has 0 unspecified atom stereocenters. The minimum Gasteiger partial charge on any atom is -0.289 e. The first kappa shape index (κ1) is 20.6. The van der Waals surface area contributed by atoms with Crippen molar-refractivity contribution >= 4 is 57.6 Å². The highest BCUT2D eigenvalue weighted by atomic mass is 35.5. The Balaban J connectivity index is 1.90. The maximum atomic E-state index is 13.3. The number of pyridine rings is 1. The predicted molar refractivity (Wildman–Crippen MR) is 127 cm³/mol. The fourth-order valence-electron chi connectivity index (χ4n) is 3.46. The molecule has 4 aromatic rings. The van der Waals surface area contributed by atoms with Crippen LogP contribution in [0.1, 0.15) is 21.6 Å². The van der Waals surface area contributed by atoms with Crippen LogP contribution in [0.5, 0.6) is 0 Å². The Morgan fingerprint density at radius 1 is 0.900 bits per heavy atom. The predicted octanol–water partition coefficient (Wildman–Crippen LogP) is 8.07. The van der Waals surface area contributed by atoms with Gasteiger partial charge >= 0.3 is 0 Å². The molecule has 5 heteroatoms. The van der Waals surface area contributed by atoms with E-state index in [-0.39, 0.29) is 5.78 Å². The number of ketones is 1. The summed E-state index contributed by atoms with van der Waals surface area (Å²) in [7, 11) is 0. The molecule has 0 aliphatic carbocycles. The van der Waals surface area contributed by atoms with Crippen molar-refractivity contribution in [1.82, 2.24) is 4.98 Å². The summed E-state index contributed by atoms with van der Waals surface area (Å²) in [6, 6.07) is 20.5. The lowest BCUT2D eigenvalue weighted by Gasteiger charge is -2.14. The first-order valence-electron chi connectivity index (χ1n) is 9.27. The lowest BCUT2D eigenvalue weighted by molar-refractivity contribution is 0.104. The first-order chi connectivity index (χ1) is 14.4. The van der Waals surface area contributed by atoms with Crippen molar-refractivity contribution in [3.8, 4) is 11.1 Å². The second-order valence-electron chi connectivity index (χ2n) is 6.84. The van der Waals surface area contributed by atoms with Gasteiger partial charge in [0.25, 0.3) is 0 Å². The Kier molecular flexibility index (Phi) is 5.92. The largest absolute Gasteiger partial charge is 0.289 e. The molecule has 1 aromatic heterocycles. The zero-order chi connectivity index (χ0) is 21.3. The van der Waals surface area contributed by atoms with Gasteiger partial charge in [0.2, 0.25) is 0 Å². The summed E-state index contributed by atoms with van der Waals surface area (Å²) >= 11 is 18.5. The molecule has 0 atom stereocenters. The molecule has 0 aliphatic heterocycles. The second-order valence-corrected chi connectivity index (χ2v) is 8.12. The van der Waals surface area contributed by atoms with E-state index in [2.05, 4.69) is 4.98 Å². The molecule has 0 bridgehead atoms. The SMILES string of the molecule is Cc1nc2cc(Cl)ccc2c(-c2ccccc2)c1C(=O)/C=C/c1cc(Cl)ccc1Cl. The maximum absolute atomic E-state index is 13.3. The van der Waals surface area contributed by atoms with Gasteiger partial charge in [-0.3, -0.25) is 9.78 Å². The van der Waals surface area contributed by atoms with Gasteiger partial charge in [0.05, 0.1) is 11.1 Å². The number of nitrogens with zero attached hydrogens (tertiary/aromatic N) is 1. The Labute approximate surface area is 189 Å². The molecule has 0 aliphatic rings. The lowest BCUT2D eigenvalue weighted by atomic mass is 9.92. The molecule has 0 saturated carbocycles. The van der Waals surface area contributed by atoms with E-state index in [9.17, 15) is 4.79 Å². The Hall–Kier alpha value is -2.65. The normalized spacial score (nSPS) is 11.3. The van der Waals surface area contributed by atoms with Gasteiger partial charge in [-0.2, -0.15) is 0 Å². The van der Waals surface area contributed by atoms with Crippen LogP contribution in [0.2, 0.25) is 15.1 Å². The van der Waals surface area contributed by atoms with Gasteiger partial charge in [0, 0.05) is 31.7 Å². The number of aryl methyl sites for hydroxylation is 1. The monoisotopic (exact) mass is 451 g/mol. The number of allylic oxidation sites excluding steroid dienone is 1. The van der Waals surface area contributed by atoms with E-state index >= 15 is 0 Å². The summed E-state index contributed by atoms with van der Waals surface area (Å²) in [5.41, 5.74) is 4.38. The van der Waals surface area contributed by atoms with Crippen LogP contribution in [0.3, 0.4) is 0 Å². The van der Waals surface area contributed by atoms with Crippen LogP contribution in [-0.4, -0.2) is 10.8 Å². The van der Waals surface area contributed by atoms with Crippen LogP contribution in [0, 0.1) is 6.92 Å². The molecular formula is C25H16Cl3NO. The number of fused-ring (bicyclic) bond motifs is 1. The lowest BCUT2D eigenvalue weighted by Crippen LogP contribution is -2.05. The van der Waals surface area contributed by atoms with Crippen molar-refractivity contribution in [1.29, 1.82) is 0 Å². The van der Waals surface area contributed by atoms with Crippen LogP contribution < -0.4 is 0 Å². The van der Waals surface area contributed by atoms with Gasteiger partial charge in [0.15, 0.2) is 5.78 Å². The number of hydrogen-bond acceptors (Lipinski definition) is 2. The molecule has 0 radical (unpaired) electrons. The highest BCUT2D eigenvalue weighted by Crippen LogP contribution is 2.34. The summed E-state index contributed by atoms with van der Waals surface area (Å²) in [5, 5.41) is 2.54. The third-order valence-corrected chi connectivity index (χ3v) is 5.62. The molecule has 3 aromatic carbocycles. The summed E-state index contributed by atoms with van der Waals surface area (Å²) < 4.78 is 0. The fraction of sp³-hybridized carbons (Fsp3) is 0.0400. The highest BCUT2D eigenvalue weighted by Gasteiger charge is 2.19. The third kappa shape index (κ3) is 4.13. The number of hydrogen-bond donors (Lipinski definition) is 0. The topological polar surface area (TPSA) is 30.0 Å². The molecule has 2 nitrogen and oxygen atoms in total. The van der Waals surface area contributed by atoms with Crippen LogP contribution >= 0.6 is 34.8 Å². The number of benzene rings is 3. The highest BCUT2D eigenvalue weighted by molar-refractivity contribution is 6.34. The molecule has 1 heterocycles. The quantitative estimate of drug-likeness (QED) is 0.231. The first-order valence-corrected chi connectivity index (χ1v) is 10.4. The van der Waals surface area contributed by atoms with E-state index in [0.717, 1.165) is 22.0 Å². The Bertz CT molecular complexity index is 1300. The van der Waals surface area contributed by atoms with Crippen LogP contribution in [0.15, 0.2) is 72.8 Å². The molecular weight excluding hydrogens is 437 g/mol. The Morgan fingerprint density at radius 3 is 2.37 bits per heavy atom. The molecule has 148 valence electrons. The van der Waals surface area contributed by atoms with E-state index in [0.29, 0.717) is 31.9 Å². The van der Waals surface area contributed by atoms with Gasteiger partial charge in [-0.05, 0) is 60.5 Å². The van der Waals surface area contributed by atoms with Crippen molar-refractivity contribution in [2.24, 2.45) is 0 Å². The van der Waals surface area contributed by atoms with Crippen LogP contribution in [-0.2, 0) is 0 Å². The van der Waals surface area contributed by atoms with Gasteiger partial charge in [-0.25, -0.2) is 0 Å². The van der Waals surface area contributed by atoms with E-state index in [1.54, 1.807) is 24.3 Å². The minimum absolute atomic E-state index is 0.160.